The van der Waals surface area contributed by atoms with Crippen molar-refractivity contribution < 1.29 is 9.18 Å². The Bertz CT molecular complexity index is 768. The van der Waals surface area contributed by atoms with Crippen LogP contribution in [0.3, 0.4) is 0 Å². The molecule has 1 aliphatic heterocycles. The Morgan fingerprint density at radius 1 is 1.30 bits per heavy atom. The molecule has 6 nitrogen and oxygen atoms in total. The highest BCUT2D eigenvalue weighted by Gasteiger charge is 2.19. The lowest BCUT2D eigenvalue weighted by molar-refractivity contribution is -0.117. The van der Waals surface area contributed by atoms with Crippen molar-refractivity contribution in [3.63, 3.8) is 0 Å². The molecule has 1 aromatic heterocycles. The number of benzene rings is 1. The minimum Gasteiger partial charge on any atom is -0.322 e. The number of carbonyl (C=O) groups excluding carboxylic acids is 1. The van der Waals surface area contributed by atoms with Crippen molar-refractivity contribution in [1.29, 1.82) is 0 Å². The first-order valence-corrected chi connectivity index (χ1v) is 8.88. The summed E-state index contributed by atoms with van der Waals surface area (Å²) < 4.78 is 16.2. The van der Waals surface area contributed by atoms with Gasteiger partial charge in [0.25, 0.3) is 0 Å². The van der Waals surface area contributed by atoms with E-state index in [0.29, 0.717) is 12.2 Å². The molecule has 0 radical (unpaired) electrons. The molecule has 2 heterocycles. The highest BCUT2D eigenvalue weighted by Crippen LogP contribution is 2.26. The zero-order valence-corrected chi connectivity index (χ0v) is 16.9. The van der Waals surface area contributed by atoms with Crippen molar-refractivity contribution in [3.8, 4) is 11.4 Å². The lowest BCUT2D eigenvalue weighted by atomic mass is 10.1. The van der Waals surface area contributed by atoms with Crippen LogP contribution in [-0.4, -0.2) is 26.7 Å². The molecule has 0 saturated carbocycles. The van der Waals surface area contributed by atoms with E-state index in [9.17, 15) is 9.18 Å². The van der Waals surface area contributed by atoms with E-state index in [-0.39, 0.29) is 36.4 Å². The summed E-state index contributed by atoms with van der Waals surface area (Å²) in [6.45, 7) is 2.81. The molecule has 0 aliphatic carbocycles. The van der Waals surface area contributed by atoms with Gasteiger partial charge in [-0.1, -0.05) is 19.8 Å². The minimum atomic E-state index is -0.641. The van der Waals surface area contributed by atoms with Crippen LogP contribution in [0.4, 0.5) is 10.1 Å². The second-order valence-corrected chi connectivity index (χ2v) is 6.48. The Hall–Kier alpha value is -1.70. The molecule has 2 aromatic rings. The summed E-state index contributed by atoms with van der Waals surface area (Å²) >= 11 is 0. The van der Waals surface area contributed by atoms with Gasteiger partial charge in [-0.15, -0.1) is 35.0 Å². The quantitative estimate of drug-likeness (QED) is 0.775. The number of anilines is 1. The van der Waals surface area contributed by atoms with Gasteiger partial charge in [0.05, 0.1) is 11.7 Å². The van der Waals surface area contributed by atoms with Crippen LogP contribution < -0.4 is 11.1 Å². The Balaban J connectivity index is 0.00000182. The SMILES string of the molecule is CCCC(N)C(=O)Nc1cc(-c2nnc3n2CCCCC3)ccc1F.Cl.Cl. The summed E-state index contributed by atoms with van der Waals surface area (Å²) in [5.74, 6) is 0.812. The van der Waals surface area contributed by atoms with Gasteiger partial charge < -0.3 is 15.6 Å². The van der Waals surface area contributed by atoms with Crippen LogP contribution in [0.15, 0.2) is 18.2 Å². The number of nitrogens with zero attached hydrogens (tertiary/aromatic N) is 3. The zero-order chi connectivity index (χ0) is 17.8. The Labute approximate surface area is 170 Å². The number of nitrogens with one attached hydrogen (secondary N) is 1. The highest BCUT2D eigenvalue weighted by molar-refractivity contribution is 5.95. The first-order valence-electron chi connectivity index (χ1n) is 8.88. The maximum Gasteiger partial charge on any atom is 0.241 e. The number of hydrogen-bond acceptors (Lipinski definition) is 4. The first kappa shape index (κ1) is 23.3. The van der Waals surface area contributed by atoms with Gasteiger partial charge in [0, 0.05) is 18.5 Å². The molecule has 9 heteroatoms. The predicted molar refractivity (Wildman–Crippen MR) is 109 cm³/mol. The third-order valence-corrected chi connectivity index (χ3v) is 4.53. The number of fused-ring (bicyclic) bond motifs is 1. The number of nitrogens with two attached hydrogens (primary N) is 1. The molecular weight excluding hydrogens is 392 g/mol. The molecule has 150 valence electrons. The number of aromatic nitrogens is 3. The molecule has 1 atom stereocenters. The molecule has 1 aromatic carbocycles. The number of amides is 1. The number of rotatable bonds is 5. The molecule has 27 heavy (non-hydrogen) atoms. The molecule has 0 spiro atoms. The highest BCUT2D eigenvalue weighted by atomic mass is 35.5. The number of carbonyl (C=O) groups is 1. The maximum absolute atomic E-state index is 14.1. The summed E-state index contributed by atoms with van der Waals surface area (Å²) in [6.07, 6.45) is 5.62. The summed E-state index contributed by atoms with van der Waals surface area (Å²) in [6, 6.07) is 3.97. The Morgan fingerprint density at radius 2 is 2.07 bits per heavy atom. The van der Waals surface area contributed by atoms with Gasteiger partial charge in [-0.3, -0.25) is 4.79 Å². The van der Waals surface area contributed by atoms with Crippen LogP contribution in [0.25, 0.3) is 11.4 Å². The summed E-state index contributed by atoms with van der Waals surface area (Å²) in [4.78, 5) is 12.1. The number of aryl methyl sites for hydroxylation is 1. The largest absolute Gasteiger partial charge is 0.322 e. The van der Waals surface area contributed by atoms with Crippen molar-refractivity contribution in [1.82, 2.24) is 14.8 Å². The van der Waals surface area contributed by atoms with Crippen LogP contribution in [0.5, 0.6) is 0 Å². The van der Waals surface area contributed by atoms with Gasteiger partial charge in [-0.05, 0) is 37.5 Å². The lowest BCUT2D eigenvalue weighted by Crippen LogP contribution is -2.35. The van der Waals surface area contributed by atoms with E-state index in [0.717, 1.165) is 43.6 Å². The molecule has 0 saturated heterocycles. The van der Waals surface area contributed by atoms with E-state index in [1.165, 1.54) is 12.5 Å². The van der Waals surface area contributed by atoms with Gasteiger partial charge in [0.2, 0.25) is 5.91 Å². The van der Waals surface area contributed by atoms with E-state index in [1.54, 1.807) is 12.1 Å². The van der Waals surface area contributed by atoms with Gasteiger partial charge in [0.15, 0.2) is 5.82 Å². The third kappa shape index (κ3) is 5.40. The molecular formula is C18H26Cl2FN5O. The van der Waals surface area contributed by atoms with Gasteiger partial charge in [-0.25, -0.2) is 4.39 Å². The van der Waals surface area contributed by atoms with E-state index in [4.69, 9.17) is 5.73 Å². The smallest absolute Gasteiger partial charge is 0.241 e. The van der Waals surface area contributed by atoms with Crippen molar-refractivity contribution in [3.05, 3.63) is 29.8 Å². The number of halogens is 3. The maximum atomic E-state index is 14.1. The molecule has 3 N–H and O–H groups in total. The monoisotopic (exact) mass is 417 g/mol. The fourth-order valence-electron chi connectivity index (χ4n) is 3.13. The van der Waals surface area contributed by atoms with Crippen molar-refractivity contribution in [2.45, 2.75) is 58.0 Å². The van der Waals surface area contributed by atoms with Crippen LogP contribution in [0, 0.1) is 5.82 Å². The topological polar surface area (TPSA) is 85.8 Å². The lowest BCUT2D eigenvalue weighted by Gasteiger charge is -2.13. The zero-order valence-electron chi connectivity index (χ0n) is 15.3. The Kier molecular flexibility index (Phi) is 9.15. The van der Waals surface area contributed by atoms with Gasteiger partial charge in [0.1, 0.15) is 11.6 Å². The van der Waals surface area contributed by atoms with Gasteiger partial charge in [-0.2, -0.15) is 0 Å². The van der Waals surface area contributed by atoms with E-state index >= 15 is 0 Å². The molecule has 3 rings (SSSR count). The molecule has 1 aliphatic rings. The normalized spacial score (nSPS) is 14.2. The molecule has 1 unspecified atom stereocenters. The average molecular weight is 418 g/mol. The predicted octanol–water partition coefficient (Wildman–Crippen LogP) is 3.72. The average Bonchev–Trinajstić information content (AvgIpc) is 2.85. The molecule has 0 fully saturated rings. The van der Waals surface area contributed by atoms with Crippen LogP contribution in [0.1, 0.15) is 44.9 Å². The fraction of sp³-hybridized carbons (Fsp3) is 0.500. The summed E-state index contributed by atoms with van der Waals surface area (Å²) in [5.41, 5.74) is 6.67. The van der Waals surface area contributed by atoms with Crippen LogP contribution >= 0.6 is 24.8 Å². The van der Waals surface area contributed by atoms with E-state index in [2.05, 4.69) is 20.1 Å². The Morgan fingerprint density at radius 3 is 2.81 bits per heavy atom. The van der Waals surface area contributed by atoms with Gasteiger partial charge >= 0.3 is 0 Å². The van der Waals surface area contributed by atoms with E-state index in [1.807, 2.05) is 6.92 Å². The fourth-order valence-corrected chi connectivity index (χ4v) is 3.13. The molecule has 1 amide bonds. The summed E-state index contributed by atoms with van der Waals surface area (Å²) in [7, 11) is 0. The van der Waals surface area contributed by atoms with E-state index < -0.39 is 11.9 Å². The van der Waals surface area contributed by atoms with Crippen molar-refractivity contribution >= 4 is 36.4 Å². The standard InChI is InChI=1S/C18H24FN5O.2ClH/c1-2-6-14(20)18(25)21-15-11-12(8-9-13(15)19)17-23-22-16-7-4-3-5-10-24(16)17;;/h8-9,11,14H,2-7,10,20H2,1H3,(H,21,25);2*1H. The third-order valence-electron chi connectivity index (χ3n) is 4.53. The van der Waals surface area contributed by atoms with Crippen LogP contribution in [0.2, 0.25) is 0 Å². The molecule has 0 bridgehead atoms. The van der Waals surface area contributed by atoms with Crippen molar-refractivity contribution in [2.24, 2.45) is 5.73 Å². The minimum absolute atomic E-state index is 0. The first-order chi connectivity index (χ1) is 12.1. The summed E-state index contributed by atoms with van der Waals surface area (Å²) in [5, 5.41) is 11.1. The second kappa shape index (κ2) is 10.6. The second-order valence-electron chi connectivity index (χ2n) is 6.48. The van der Waals surface area contributed by atoms with Crippen LogP contribution in [-0.2, 0) is 17.8 Å². The van der Waals surface area contributed by atoms with Crippen molar-refractivity contribution in [2.75, 3.05) is 5.32 Å². The number of hydrogen-bond donors (Lipinski definition) is 2.